The lowest BCUT2D eigenvalue weighted by molar-refractivity contribution is -0.176. The van der Waals surface area contributed by atoms with E-state index < -0.39 is 14.4 Å². The molecule has 4 atom stereocenters. The van der Waals surface area contributed by atoms with Crippen LogP contribution >= 0.6 is 14.4 Å². The molecule has 1 rings (SSSR count). The predicted molar refractivity (Wildman–Crippen MR) is 106 cm³/mol. The van der Waals surface area contributed by atoms with Crippen LogP contribution in [0.4, 0.5) is 0 Å². The van der Waals surface area contributed by atoms with E-state index in [1.807, 2.05) is 0 Å². The van der Waals surface area contributed by atoms with Crippen molar-refractivity contribution in [1.82, 2.24) is 0 Å². The van der Waals surface area contributed by atoms with Gasteiger partial charge in [-0.15, -0.1) is 0 Å². The summed E-state index contributed by atoms with van der Waals surface area (Å²) >= 11 is 0. The van der Waals surface area contributed by atoms with Crippen molar-refractivity contribution in [3.05, 3.63) is 0 Å². The molecule has 0 aromatic heterocycles. The van der Waals surface area contributed by atoms with Crippen molar-refractivity contribution in [1.29, 1.82) is 0 Å². The van der Waals surface area contributed by atoms with Crippen LogP contribution in [0.5, 0.6) is 0 Å². The molecule has 0 aromatic carbocycles. The normalized spacial score (nSPS) is 29.6. The van der Waals surface area contributed by atoms with Crippen molar-refractivity contribution in [3.63, 3.8) is 0 Å². The van der Waals surface area contributed by atoms with Crippen molar-refractivity contribution in [2.24, 2.45) is 11.3 Å². The van der Waals surface area contributed by atoms with Crippen LogP contribution in [0.25, 0.3) is 0 Å². The maximum atomic E-state index is 6.45. The van der Waals surface area contributed by atoms with Gasteiger partial charge in [-0.1, -0.05) is 47.8 Å². The van der Waals surface area contributed by atoms with Gasteiger partial charge in [-0.05, 0) is 24.7 Å². The van der Waals surface area contributed by atoms with Crippen LogP contribution in [0.15, 0.2) is 0 Å². The smallest absolute Gasteiger partial charge is 0.221 e. The molecule has 1 aliphatic heterocycles. The molecule has 1 fully saturated rings. The molecule has 0 bridgehead atoms. The number of ether oxygens (including phenoxy) is 2. The second-order valence-corrected chi connectivity index (χ2v) is 15.2. The summed E-state index contributed by atoms with van der Waals surface area (Å²) in [4.78, 5) is 0. The zero-order valence-electron chi connectivity index (χ0n) is 16.0. The predicted octanol–water partition coefficient (Wildman–Crippen LogP) is 5.51. The summed E-state index contributed by atoms with van der Waals surface area (Å²) in [6.07, 6.45) is 11.5. The Labute approximate surface area is 139 Å². The van der Waals surface area contributed by atoms with Crippen molar-refractivity contribution >= 4 is 27.0 Å². The molecule has 0 amide bonds. The van der Waals surface area contributed by atoms with E-state index >= 15 is 0 Å². The van der Waals surface area contributed by atoms with Gasteiger partial charge < -0.3 is 9.47 Å². The zero-order chi connectivity index (χ0) is 17.3. The van der Waals surface area contributed by atoms with Crippen molar-refractivity contribution in [2.75, 3.05) is 18.2 Å². The van der Waals surface area contributed by atoms with Gasteiger partial charge in [-0.2, -0.15) is 0 Å². The molecule has 130 valence electrons. The molecule has 1 heterocycles. The van der Waals surface area contributed by atoms with E-state index in [-0.39, 0.29) is 23.2 Å². The first-order valence-electron chi connectivity index (χ1n) is 8.51. The summed E-state index contributed by atoms with van der Waals surface area (Å²) in [5.41, 5.74) is 0.153. The standard InChI is InChI=1S/C18H37O2P2/c1-11-22(10,12-2)13-21(9)18(7,8)20-16-14(3)17(5,6)15(4)19-16/h14-16H,9-13H2,1-8H3/q+1. The van der Waals surface area contributed by atoms with Crippen LogP contribution in [0.3, 0.4) is 0 Å². The van der Waals surface area contributed by atoms with Gasteiger partial charge in [0.05, 0.1) is 12.4 Å². The average Bonchev–Trinajstić information content (AvgIpc) is 2.61. The molecule has 0 saturated carbocycles. The maximum Gasteiger partial charge on any atom is 0.221 e. The summed E-state index contributed by atoms with van der Waals surface area (Å²) in [6, 6.07) is 0. The molecule has 4 heteroatoms. The van der Waals surface area contributed by atoms with E-state index in [2.05, 4.69) is 68.0 Å². The Morgan fingerprint density at radius 2 is 1.73 bits per heavy atom. The van der Waals surface area contributed by atoms with Crippen LogP contribution in [-0.4, -0.2) is 48.6 Å². The second kappa shape index (κ2) is 7.10. The van der Waals surface area contributed by atoms with Crippen LogP contribution in [-0.2, 0) is 9.47 Å². The molecule has 0 aliphatic carbocycles. The molecule has 22 heavy (non-hydrogen) atoms. The Morgan fingerprint density at radius 1 is 1.23 bits per heavy atom. The molecule has 0 spiro atoms. The summed E-state index contributed by atoms with van der Waals surface area (Å²) in [5.74, 6) is 1.55. The number of hydrogen-bond acceptors (Lipinski definition) is 2. The molecule has 2 nitrogen and oxygen atoms in total. The number of rotatable bonds is 7. The Hall–Kier alpha value is 0.390. The first-order chi connectivity index (χ1) is 9.89. The Bertz CT molecular complexity index is 446. The Kier molecular flexibility index (Phi) is 6.60. The SMILES string of the molecule is C=[P+](CP(=C)(CC)CC)C(C)(C)OC1OC(C)C(C)(C)C1C. The molecule has 4 unspecified atom stereocenters. The first kappa shape index (κ1) is 20.4. The fraction of sp³-hybridized carbons (Fsp3) is 0.889. The Balaban J connectivity index is 2.80. The van der Waals surface area contributed by atoms with Gasteiger partial charge in [0.25, 0.3) is 0 Å². The van der Waals surface area contributed by atoms with Crippen LogP contribution in [0.2, 0.25) is 0 Å². The lowest BCUT2D eigenvalue weighted by Crippen LogP contribution is -2.33. The van der Waals surface area contributed by atoms with Crippen molar-refractivity contribution in [2.45, 2.75) is 73.1 Å². The van der Waals surface area contributed by atoms with E-state index in [0.29, 0.717) is 5.92 Å². The van der Waals surface area contributed by atoms with E-state index in [1.54, 1.807) is 0 Å². The van der Waals surface area contributed by atoms with Crippen LogP contribution < -0.4 is 0 Å². The fourth-order valence-electron chi connectivity index (χ4n) is 2.66. The quantitative estimate of drug-likeness (QED) is 0.566. The topological polar surface area (TPSA) is 18.5 Å². The minimum atomic E-state index is -1.09. The third kappa shape index (κ3) is 4.27. The van der Waals surface area contributed by atoms with E-state index in [9.17, 15) is 0 Å². The minimum Gasteiger partial charge on any atom is -0.349 e. The first-order valence-corrected chi connectivity index (χ1v) is 12.8. The van der Waals surface area contributed by atoms with Gasteiger partial charge in [0, 0.05) is 19.8 Å². The summed E-state index contributed by atoms with van der Waals surface area (Å²) in [6.45, 7) is 16.8. The molecule has 0 radical (unpaired) electrons. The van der Waals surface area contributed by atoms with Gasteiger partial charge >= 0.3 is 0 Å². The molecule has 0 N–H and O–H groups in total. The highest BCUT2D eigenvalue weighted by Crippen LogP contribution is 2.57. The summed E-state index contributed by atoms with van der Waals surface area (Å²) < 4.78 is 12.6. The van der Waals surface area contributed by atoms with E-state index in [0.717, 1.165) is 5.90 Å². The largest absolute Gasteiger partial charge is 0.349 e. The van der Waals surface area contributed by atoms with Crippen LogP contribution in [0.1, 0.15) is 55.4 Å². The summed E-state index contributed by atoms with van der Waals surface area (Å²) in [7, 11) is -0.469. The highest BCUT2D eigenvalue weighted by Gasteiger charge is 2.50. The average molecular weight is 347 g/mol. The molecule has 1 saturated heterocycles. The second-order valence-electron chi connectivity index (χ2n) is 7.98. The maximum absolute atomic E-state index is 6.45. The van der Waals surface area contributed by atoms with E-state index in [4.69, 9.17) is 9.47 Å². The van der Waals surface area contributed by atoms with Crippen molar-refractivity contribution in [3.8, 4) is 0 Å². The monoisotopic (exact) mass is 347 g/mol. The number of hydrogen-bond donors (Lipinski definition) is 0. The van der Waals surface area contributed by atoms with Gasteiger partial charge in [0.2, 0.25) is 5.34 Å². The van der Waals surface area contributed by atoms with E-state index in [1.165, 1.54) is 12.3 Å². The lowest BCUT2D eigenvalue weighted by Gasteiger charge is -2.30. The van der Waals surface area contributed by atoms with Gasteiger partial charge in [0.15, 0.2) is 6.29 Å². The van der Waals surface area contributed by atoms with Gasteiger partial charge in [0.1, 0.15) is 13.4 Å². The van der Waals surface area contributed by atoms with Gasteiger partial charge in [-0.25, -0.2) is 0 Å². The zero-order valence-corrected chi connectivity index (χ0v) is 17.8. The summed E-state index contributed by atoms with van der Waals surface area (Å²) in [5, 5.41) is -0.221. The molecule has 0 aromatic rings. The fourth-order valence-corrected chi connectivity index (χ4v) is 9.22. The molecular weight excluding hydrogens is 310 g/mol. The molecule has 1 aliphatic rings. The van der Waals surface area contributed by atoms with Crippen LogP contribution in [0, 0.1) is 11.3 Å². The molecular formula is C18H37O2P2+. The lowest BCUT2D eigenvalue weighted by atomic mass is 9.78. The van der Waals surface area contributed by atoms with Crippen molar-refractivity contribution < 1.29 is 9.47 Å². The third-order valence-corrected chi connectivity index (χ3v) is 14.0. The highest BCUT2D eigenvalue weighted by molar-refractivity contribution is 7.83. The Morgan fingerprint density at radius 3 is 2.09 bits per heavy atom. The van der Waals surface area contributed by atoms with Gasteiger partial charge in [-0.3, -0.25) is 0 Å². The third-order valence-electron chi connectivity index (χ3n) is 5.95. The highest BCUT2D eigenvalue weighted by atomic mass is 31.2. The minimum absolute atomic E-state index is 0.118.